The van der Waals surface area contributed by atoms with Gasteiger partial charge in [-0.3, -0.25) is 4.57 Å². The molecule has 138 valence electrons. The summed E-state index contributed by atoms with van der Waals surface area (Å²) in [5, 5.41) is 0.775. The van der Waals surface area contributed by atoms with Crippen molar-refractivity contribution in [2.24, 2.45) is 0 Å². The maximum Gasteiger partial charge on any atom is 0.348 e. The van der Waals surface area contributed by atoms with Gasteiger partial charge in [0.05, 0.1) is 12.6 Å². The third kappa shape index (κ3) is 3.71. The highest BCUT2D eigenvalue weighted by molar-refractivity contribution is 7.98. The predicted molar refractivity (Wildman–Crippen MR) is 100 cm³/mol. The number of hydrogen-bond acceptors (Lipinski definition) is 4. The molecule has 1 aliphatic heterocycles. The number of nitrogens with zero attached hydrogens (tertiary/aromatic N) is 2. The Labute approximate surface area is 156 Å². The van der Waals surface area contributed by atoms with E-state index in [-0.39, 0.29) is 17.6 Å². The normalized spacial score (nSPS) is 19.5. The van der Waals surface area contributed by atoms with Crippen molar-refractivity contribution in [3.63, 3.8) is 0 Å². The van der Waals surface area contributed by atoms with Crippen LogP contribution in [0.2, 0.25) is 0 Å². The van der Waals surface area contributed by atoms with E-state index in [4.69, 9.17) is 4.74 Å². The lowest BCUT2D eigenvalue weighted by Gasteiger charge is -2.24. The van der Waals surface area contributed by atoms with Crippen molar-refractivity contribution in [1.82, 2.24) is 9.55 Å². The summed E-state index contributed by atoms with van der Waals surface area (Å²) in [6, 6.07) is 6.78. The molecule has 0 amide bonds. The third-order valence-electron chi connectivity index (χ3n) is 5.18. The smallest absolute Gasteiger partial charge is 0.348 e. The highest BCUT2D eigenvalue weighted by Crippen LogP contribution is 2.31. The monoisotopic (exact) mass is 374 g/mol. The van der Waals surface area contributed by atoms with Crippen LogP contribution in [0.15, 0.2) is 34.1 Å². The van der Waals surface area contributed by atoms with Crippen LogP contribution in [0, 0.1) is 5.82 Å². The molecule has 1 aromatic heterocycles. The Morgan fingerprint density at radius 2 is 2.08 bits per heavy atom. The first-order chi connectivity index (χ1) is 12.7. The number of thioether (sulfide) groups is 1. The van der Waals surface area contributed by atoms with Crippen LogP contribution in [-0.2, 0) is 29.9 Å². The summed E-state index contributed by atoms with van der Waals surface area (Å²) < 4.78 is 21.4. The number of benzene rings is 1. The predicted octanol–water partition coefficient (Wildman–Crippen LogP) is 3.73. The molecule has 2 aliphatic rings. The Bertz CT molecular complexity index is 846. The van der Waals surface area contributed by atoms with Gasteiger partial charge in [-0.1, -0.05) is 18.2 Å². The van der Waals surface area contributed by atoms with Gasteiger partial charge >= 0.3 is 5.69 Å². The molecule has 1 unspecified atom stereocenters. The molecule has 0 N–H and O–H groups in total. The van der Waals surface area contributed by atoms with E-state index in [9.17, 15) is 9.18 Å². The summed E-state index contributed by atoms with van der Waals surface area (Å²) in [7, 11) is 0. The second-order valence-electron chi connectivity index (χ2n) is 6.96. The minimum absolute atomic E-state index is 0.123. The van der Waals surface area contributed by atoms with Crippen molar-refractivity contribution in [3.8, 4) is 0 Å². The highest BCUT2D eigenvalue weighted by Gasteiger charge is 2.24. The van der Waals surface area contributed by atoms with Gasteiger partial charge < -0.3 is 4.74 Å². The summed E-state index contributed by atoms with van der Waals surface area (Å²) in [4.78, 5) is 17.1. The van der Waals surface area contributed by atoms with Crippen LogP contribution >= 0.6 is 11.8 Å². The van der Waals surface area contributed by atoms with Crippen LogP contribution in [0.25, 0.3) is 0 Å². The number of aromatic nitrogens is 2. The molecule has 6 heteroatoms. The fourth-order valence-electron chi connectivity index (χ4n) is 3.81. The first-order valence-electron chi connectivity index (χ1n) is 9.33. The van der Waals surface area contributed by atoms with Gasteiger partial charge in [-0.15, -0.1) is 11.8 Å². The average molecular weight is 374 g/mol. The minimum Gasteiger partial charge on any atom is -0.376 e. The zero-order valence-electron chi connectivity index (χ0n) is 14.7. The lowest BCUT2D eigenvalue weighted by Crippen LogP contribution is -2.33. The lowest BCUT2D eigenvalue weighted by molar-refractivity contribution is 0.0947. The fourth-order valence-corrected chi connectivity index (χ4v) is 4.87. The van der Waals surface area contributed by atoms with E-state index in [2.05, 4.69) is 4.98 Å². The van der Waals surface area contributed by atoms with Gasteiger partial charge in [0.2, 0.25) is 0 Å². The molecule has 0 bridgehead atoms. The molecule has 0 radical (unpaired) electrons. The molecule has 26 heavy (non-hydrogen) atoms. The first kappa shape index (κ1) is 17.7. The molecule has 2 heterocycles. The second-order valence-corrected chi connectivity index (χ2v) is 7.92. The minimum atomic E-state index is -0.208. The van der Waals surface area contributed by atoms with Crippen LogP contribution < -0.4 is 5.69 Å². The van der Waals surface area contributed by atoms with E-state index < -0.39 is 0 Å². The SMILES string of the molecule is O=c1nc(SCc2ccccc2F)c2c(n1CC1CCCO1)CCCC2. The van der Waals surface area contributed by atoms with Crippen LogP contribution in [0.4, 0.5) is 4.39 Å². The number of ether oxygens (including phenoxy) is 1. The fraction of sp³-hybridized carbons (Fsp3) is 0.500. The van der Waals surface area contributed by atoms with E-state index in [1.54, 1.807) is 12.1 Å². The van der Waals surface area contributed by atoms with Crippen molar-refractivity contribution in [2.75, 3.05) is 6.61 Å². The van der Waals surface area contributed by atoms with Crippen molar-refractivity contribution in [3.05, 3.63) is 57.4 Å². The zero-order valence-corrected chi connectivity index (χ0v) is 15.6. The van der Waals surface area contributed by atoms with E-state index in [1.807, 2.05) is 10.6 Å². The standard InChI is InChI=1S/C20H23FN2O2S/c21-17-9-3-1-6-14(17)13-26-19-16-8-2-4-10-18(16)23(20(24)22-19)12-15-7-5-11-25-15/h1,3,6,9,15H,2,4-5,7-8,10-13H2. The maximum absolute atomic E-state index is 13.9. The molecule has 1 atom stereocenters. The van der Waals surface area contributed by atoms with E-state index in [0.717, 1.165) is 55.9 Å². The van der Waals surface area contributed by atoms with E-state index >= 15 is 0 Å². The Morgan fingerprint density at radius 1 is 1.23 bits per heavy atom. The van der Waals surface area contributed by atoms with Gasteiger partial charge in [-0.2, -0.15) is 4.98 Å². The quantitative estimate of drug-likeness (QED) is 0.591. The molecule has 4 rings (SSSR count). The van der Waals surface area contributed by atoms with Gasteiger partial charge in [0.1, 0.15) is 10.8 Å². The topological polar surface area (TPSA) is 44.1 Å². The van der Waals surface area contributed by atoms with Gasteiger partial charge in [0.25, 0.3) is 0 Å². The lowest BCUT2D eigenvalue weighted by atomic mass is 9.97. The highest BCUT2D eigenvalue weighted by atomic mass is 32.2. The molecule has 1 aliphatic carbocycles. The van der Waals surface area contributed by atoms with Crippen LogP contribution in [0.1, 0.15) is 42.5 Å². The van der Waals surface area contributed by atoms with Crippen LogP contribution in [0.3, 0.4) is 0 Å². The Balaban J connectivity index is 1.62. The molecule has 1 fully saturated rings. The van der Waals surface area contributed by atoms with Gasteiger partial charge in [0, 0.05) is 23.6 Å². The largest absolute Gasteiger partial charge is 0.376 e. The summed E-state index contributed by atoms with van der Waals surface area (Å²) in [6.45, 7) is 1.39. The van der Waals surface area contributed by atoms with Crippen molar-refractivity contribution in [2.45, 2.75) is 62.0 Å². The first-order valence-corrected chi connectivity index (χ1v) is 10.3. The number of fused-ring (bicyclic) bond motifs is 1. The summed E-state index contributed by atoms with van der Waals surface area (Å²) in [6.07, 6.45) is 6.24. The van der Waals surface area contributed by atoms with Gasteiger partial charge in [-0.05, 0) is 50.2 Å². The van der Waals surface area contributed by atoms with E-state index in [1.165, 1.54) is 23.4 Å². The second kappa shape index (κ2) is 7.92. The molecule has 1 saturated heterocycles. The molecule has 4 nitrogen and oxygen atoms in total. The Morgan fingerprint density at radius 3 is 2.88 bits per heavy atom. The summed E-state index contributed by atoms with van der Waals surface area (Å²) >= 11 is 1.47. The van der Waals surface area contributed by atoms with Crippen molar-refractivity contribution < 1.29 is 9.13 Å². The molecule has 1 aromatic carbocycles. The Hall–Kier alpha value is -1.66. The van der Waals surface area contributed by atoms with Crippen LogP contribution in [0.5, 0.6) is 0 Å². The van der Waals surface area contributed by atoms with Crippen LogP contribution in [-0.4, -0.2) is 22.3 Å². The average Bonchev–Trinajstić information content (AvgIpc) is 3.17. The maximum atomic E-state index is 13.9. The van der Waals surface area contributed by atoms with Crippen molar-refractivity contribution in [1.29, 1.82) is 0 Å². The number of hydrogen-bond donors (Lipinski definition) is 0. The van der Waals surface area contributed by atoms with Gasteiger partial charge in [-0.25, -0.2) is 9.18 Å². The zero-order chi connectivity index (χ0) is 17.9. The molecule has 0 saturated carbocycles. The molecular weight excluding hydrogens is 351 g/mol. The summed E-state index contributed by atoms with van der Waals surface area (Å²) in [5.41, 5.74) is 2.74. The third-order valence-corrected chi connectivity index (χ3v) is 6.25. The van der Waals surface area contributed by atoms with Crippen molar-refractivity contribution >= 4 is 11.8 Å². The van der Waals surface area contributed by atoms with Gasteiger partial charge in [0.15, 0.2) is 0 Å². The number of halogens is 1. The molecule has 0 spiro atoms. The Kier molecular flexibility index (Phi) is 5.41. The summed E-state index contributed by atoms with van der Waals surface area (Å²) in [5.74, 6) is 0.280. The molecule has 2 aromatic rings. The van der Waals surface area contributed by atoms with E-state index in [0.29, 0.717) is 17.9 Å². The number of rotatable bonds is 5. The molecular formula is C20H23FN2O2S.